The summed E-state index contributed by atoms with van der Waals surface area (Å²) in [6.07, 6.45) is 3.39. The van der Waals surface area contributed by atoms with Crippen molar-refractivity contribution in [3.63, 3.8) is 0 Å². The highest BCUT2D eigenvalue weighted by molar-refractivity contribution is 7.98. The number of carbonyl (C=O) groups is 1. The van der Waals surface area contributed by atoms with Crippen LogP contribution in [0.25, 0.3) is 11.0 Å². The van der Waals surface area contributed by atoms with Crippen LogP contribution in [0.15, 0.2) is 66.1 Å². The van der Waals surface area contributed by atoms with E-state index < -0.39 is 0 Å². The van der Waals surface area contributed by atoms with Crippen LogP contribution in [0.3, 0.4) is 0 Å². The van der Waals surface area contributed by atoms with Crippen LogP contribution in [-0.4, -0.2) is 20.4 Å². The van der Waals surface area contributed by atoms with E-state index in [1.54, 1.807) is 43.2 Å². The van der Waals surface area contributed by atoms with Gasteiger partial charge in [0.2, 0.25) is 5.91 Å². The van der Waals surface area contributed by atoms with Crippen LogP contribution in [-0.2, 0) is 17.1 Å². The Morgan fingerprint density at radius 3 is 2.70 bits per heavy atom. The molecular formula is C23H21FN4OS. The molecule has 4 rings (SSSR count). The average Bonchev–Trinajstić information content (AvgIpc) is 3.08. The van der Waals surface area contributed by atoms with Crippen molar-refractivity contribution in [3.8, 4) is 0 Å². The van der Waals surface area contributed by atoms with Gasteiger partial charge in [0.25, 0.3) is 0 Å². The number of fused-ring (bicyclic) bond motifs is 1. The second-order valence-corrected chi connectivity index (χ2v) is 8.07. The van der Waals surface area contributed by atoms with Crippen LogP contribution in [0.4, 0.5) is 10.1 Å². The first kappa shape index (κ1) is 20.1. The number of aryl methyl sites for hydroxylation is 2. The van der Waals surface area contributed by atoms with E-state index in [1.165, 1.54) is 17.2 Å². The van der Waals surface area contributed by atoms with E-state index in [0.717, 1.165) is 21.9 Å². The van der Waals surface area contributed by atoms with Gasteiger partial charge in [0, 0.05) is 17.6 Å². The summed E-state index contributed by atoms with van der Waals surface area (Å²) in [6, 6.07) is 14.8. The number of anilines is 1. The number of carbonyl (C=O) groups excluding carboxylic acids is 1. The third kappa shape index (κ3) is 4.52. The monoisotopic (exact) mass is 420 g/mol. The molecule has 1 amide bonds. The van der Waals surface area contributed by atoms with Gasteiger partial charge in [-0.3, -0.25) is 9.78 Å². The Hall–Kier alpha value is -3.19. The predicted octanol–water partition coefficient (Wildman–Crippen LogP) is 5.12. The van der Waals surface area contributed by atoms with Crippen molar-refractivity contribution in [3.05, 3.63) is 83.4 Å². The number of hydrogen-bond acceptors (Lipinski definition) is 4. The summed E-state index contributed by atoms with van der Waals surface area (Å²) in [5.41, 5.74) is 4.93. The van der Waals surface area contributed by atoms with Crippen LogP contribution in [0, 0.1) is 19.7 Å². The first-order valence-corrected chi connectivity index (χ1v) is 10.5. The molecule has 1 N–H and O–H groups in total. The van der Waals surface area contributed by atoms with Gasteiger partial charge in [-0.05, 0) is 43.2 Å². The van der Waals surface area contributed by atoms with Crippen LogP contribution < -0.4 is 5.32 Å². The highest BCUT2D eigenvalue weighted by Gasteiger charge is 2.15. The maximum atomic E-state index is 13.8. The van der Waals surface area contributed by atoms with Gasteiger partial charge in [-0.2, -0.15) is 0 Å². The Kier molecular flexibility index (Phi) is 5.81. The number of thioether (sulfide) groups is 1. The minimum atomic E-state index is -0.348. The average molecular weight is 421 g/mol. The smallest absolute Gasteiger partial charge is 0.244 e. The van der Waals surface area contributed by atoms with Gasteiger partial charge in [-0.15, -0.1) is 0 Å². The Morgan fingerprint density at radius 1 is 1.13 bits per heavy atom. The largest absolute Gasteiger partial charge is 0.324 e. The van der Waals surface area contributed by atoms with Crippen LogP contribution in [0.5, 0.6) is 0 Å². The van der Waals surface area contributed by atoms with Gasteiger partial charge in [0.05, 0.1) is 17.2 Å². The molecule has 2 aromatic carbocycles. The maximum absolute atomic E-state index is 13.8. The lowest BCUT2D eigenvalue weighted by molar-refractivity contribution is -0.116. The molecule has 0 radical (unpaired) electrons. The summed E-state index contributed by atoms with van der Waals surface area (Å²) in [6.45, 7) is 3.80. The lowest BCUT2D eigenvalue weighted by Gasteiger charge is -2.10. The Balaban J connectivity index is 1.55. The lowest BCUT2D eigenvalue weighted by atomic mass is 10.2. The summed E-state index contributed by atoms with van der Waals surface area (Å²) in [7, 11) is 0. The summed E-state index contributed by atoms with van der Waals surface area (Å²) in [5.74, 6) is 0.139. The molecule has 2 heterocycles. The van der Waals surface area contributed by atoms with Crippen LogP contribution >= 0.6 is 11.8 Å². The number of amides is 1. The molecule has 0 saturated heterocycles. The van der Waals surface area contributed by atoms with E-state index in [0.29, 0.717) is 11.3 Å². The van der Waals surface area contributed by atoms with E-state index in [2.05, 4.69) is 46.5 Å². The quantitative estimate of drug-likeness (QED) is 0.440. The molecule has 2 aromatic heterocycles. The number of nitrogens with one attached hydrogen (secondary N) is 1. The summed E-state index contributed by atoms with van der Waals surface area (Å²) in [4.78, 5) is 21.5. The zero-order valence-electron chi connectivity index (χ0n) is 16.7. The Morgan fingerprint density at radius 2 is 1.93 bits per heavy atom. The molecule has 152 valence electrons. The number of rotatable bonds is 6. The predicted molar refractivity (Wildman–Crippen MR) is 118 cm³/mol. The summed E-state index contributed by atoms with van der Waals surface area (Å²) >= 11 is 1.57. The normalized spacial score (nSPS) is 11.0. The topological polar surface area (TPSA) is 59.8 Å². The molecule has 0 aliphatic carbocycles. The zero-order valence-corrected chi connectivity index (χ0v) is 17.5. The summed E-state index contributed by atoms with van der Waals surface area (Å²) < 4.78 is 15.6. The van der Waals surface area contributed by atoms with Crippen molar-refractivity contribution in [2.45, 2.75) is 31.3 Å². The number of nitrogens with zero attached hydrogens (tertiary/aromatic N) is 3. The molecule has 0 fully saturated rings. The Bertz CT molecular complexity index is 1200. The number of halogens is 1. The third-order valence-electron chi connectivity index (χ3n) is 4.76. The van der Waals surface area contributed by atoms with E-state index in [4.69, 9.17) is 0 Å². The third-order valence-corrected chi connectivity index (χ3v) is 5.81. The summed E-state index contributed by atoms with van der Waals surface area (Å²) in [5, 5.41) is 3.50. The molecule has 0 aliphatic heterocycles. The van der Waals surface area contributed by atoms with E-state index in [1.807, 2.05) is 10.6 Å². The fourth-order valence-corrected chi connectivity index (χ4v) is 4.03. The molecular weight excluding hydrogens is 399 g/mol. The first-order chi connectivity index (χ1) is 14.5. The van der Waals surface area contributed by atoms with Gasteiger partial charge in [-0.25, -0.2) is 9.37 Å². The molecule has 0 saturated carbocycles. The number of pyridine rings is 1. The second kappa shape index (κ2) is 8.67. The second-order valence-electron chi connectivity index (χ2n) is 7.13. The number of imidazole rings is 1. The van der Waals surface area contributed by atoms with Crippen molar-refractivity contribution in [2.75, 3.05) is 5.32 Å². The maximum Gasteiger partial charge on any atom is 0.244 e. The van der Waals surface area contributed by atoms with Crippen molar-refractivity contribution in [1.82, 2.24) is 14.5 Å². The molecule has 5 nitrogen and oxygen atoms in total. The molecule has 0 atom stereocenters. The molecule has 0 spiro atoms. The zero-order chi connectivity index (χ0) is 21.1. The van der Waals surface area contributed by atoms with Crippen molar-refractivity contribution in [2.24, 2.45) is 0 Å². The Labute approximate surface area is 178 Å². The van der Waals surface area contributed by atoms with Crippen LogP contribution in [0.2, 0.25) is 0 Å². The highest BCUT2D eigenvalue weighted by Crippen LogP contribution is 2.27. The minimum absolute atomic E-state index is 0.0634. The molecule has 0 bridgehead atoms. The fourth-order valence-electron chi connectivity index (χ4n) is 3.06. The van der Waals surface area contributed by atoms with E-state index >= 15 is 0 Å². The number of hydrogen-bond donors (Lipinski definition) is 1. The number of benzene rings is 2. The van der Waals surface area contributed by atoms with Crippen molar-refractivity contribution < 1.29 is 9.18 Å². The van der Waals surface area contributed by atoms with Gasteiger partial charge >= 0.3 is 0 Å². The van der Waals surface area contributed by atoms with Gasteiger partial charge in [-0.1, -0.05) is 47.7 Å². The van der Waals surface area contributed by atoms with Crippen molar-refractivity contribution >= 4 is 34.4 Å². The van der Waals surface area contributed by atoms with Crippen molar-refractivity contribution in [1.29, 1.82) is 0 Å². The molecule has 30 heavy (non-hydrogen) atoms. The van der Waals surface area contributed by atoms with Gasteiger partial charge in [0.15, 0.2) is 5.16 Å². The standard InChI is InChI=1S/C23H21FN4OS/c1-15-3-6-17(7-4-15)14-30-23-27-20-9-10-25-12-21(20)28(23)13-22(29)26-18-8-5-16(2)19(24)11-18/h3-12H,13-14H2,1-2H3,(H,26,29). The molecule has 4 aromatic rings. The minimum Gasteiger partial charge on any atom is -0.324 e. The lowest BCUT2D eigenvalue weighted by Crippen LogP contribution is -2.19. The molecule has 0 unspecified atom stereocenters. The van der Waals surface area contributed by atoms with Gasteiger partial charge in [0.1, 0.15) is 12.4 Å². The van der Waals surface area contributed by atoms with Crippen LogP contribution in [0.1, 0.15) is 16.7 Å². The van der Waals surface area contributed by atoms with E-state index in [9.17, 15) is 9.18 Å². The number of aromatic nitrogens is 3. The SMILES string of the molecule is Cc1ccc(CSc2nc3ccncc3n2CC(=O)Nc2ccc(C)c(F)c2)cc1. The van der Waals surface area contributed by atoms with E-state index in [-0.39, 0.29) is 18.3 Å². The highest BCUT2D eigenvalue weighted by atomic mass is 32.2. The molecule has 7 heteroatoms. The fraction of sp³-hybridized carbons (Fsp3) is 0.174. The van der Waals surface area contributed by atoms with Gasteiger partial charge < -0.3 is 9.88 Å². The first-order valence-electron chi connectivity index (χ1n) is 9.54. The molecule has 0 aliphatic rings.